The number of carbonyl (C=O) groups excluding carboxylic acids is 1. The average molecular weight is 443 g/mol. The van der Waals surface area contributed by atoms with Gasteiger partial charge in [-0.2, -0.15) is 0 Å². The lowest BCUT2D eigenvalue weighted by Crippen LogP contribution is -2.63. The van der Waals surface area contributed by atoms with Gasteiger partial charge in [0.05, 0.1) is 16.1 Å². The highest BCUT2D eigenvalue weighted by Gasteiger charge is 2.35. The highest BCUT2D eigenvalue weighted by Crippen LogP contribution is 2.28. The molecule has 0 aromatic heterocycles. The van der Waals surface area contributed by atoms with Gasteiger partial charge in [0.25, 0.3) is 0 Å². The van der Waals surface area contributed by atoms with E-state index in [2.05, 4.69) is 35.9 Å². The lowest BCUT2D eigenvalue weighted by molar-refractivity contribution is -0.135. The van der Waals surface area contributed by atoms with Crippen molar-refractivity contribution in [2.75, 3.05) is 50.7 Å². The fourth-order valence-corrected chi connectivity index (χ4v) is 4.07. The van der Waals surface area contributed by atoms with Crippen molar-refractivity contribution < 1.29 is 4.79 Å². The van der Waals surface area contributed by atoms with Crippen LogP contribution >= 0.6 is 23.2 Å². The fourth-order valence-electron chi connectivity index (χ4n) is 3.78. The zero-order valence-electron chi connectivity index (χ0n) is 18.5. The molecule has 2 heterocycles. The Balaban J connectivity index is 0.00000145. The molecule has 1 amide bonds. The summed E-state index contributed by atoms with van der Waals surface area (Å²) in [6.07, 6.45) is 1.08. The molecule has 1 atom stereocenters. The Morgan fingerprint density at radius 3 is 2.34 bits per heavy atom. The second-order valence-electron chi connectivity index (χ2n) is 8.03. The van der Waals surface area contributed by atoms with E-state index >= 15 is 0 Å². The van der Waals surface area contributed by atoms with E-state index in [-0.39, 0.29) is 17.5 Å². The van der Waals surface area contributed by atoms with Crippen molar-refractivity contribution in [3.05, 3.63) is 28.2 Å². The highest BCUT2D eigenvalue weighted by molar-refractivity contribution is 6.42. The van der Waals surface area contributed by atoms with Gasteiger partial charge >= 0.3 is 0 Å². The van der Waals surface area contributed by atoms with E-state index in [1.54, 1.807) is 0 Å². The summed E-state index contributed by atoms with van der Waals surface area (Å²) in [5.41, 5.74) is 1.19. The lowest BCUT2D eigenvalue weighted by Gasteiger charge is -2.45. The fraction of sp³-hybridized carbons (Fsp3) is 0.682. The zero-order chi connectivity index (χ0) is 21.6. The third kappa shape index (κ3) is 6.00. The van der Waals surface area contributed by atoms with Crippen molar-refractivity contribution >= 4 is 34.8 Å². The molecule has 2 aliphatic rings. The quantitative estimate of drug-likeness (QED) is 0.760. The molecule has 1 aromatic rings. The van der Waals surface area contributed by atoms with Crippen LogP contribution in [0.5, 0.6) is 0 Å². The molecule has 0 spiro atoms. The third-order valence-corrected chi connectivity index (χ3v) is 6.79. The molecule has 2 aliphatic heterocycles. The number of piperazine rings is 2. The van der Waals surface area contributed by atoms with Crippen LogP contribution in [0.15, 0.2) is 18.2 Å². The van der Waals surface area contributed by atoms with E-state index in [0.717, 1.165) is 57.9 Å². The number of anilines is 1. The molecule has 164 valence electrons. The smallest absolute Gasteiger partial charge is 0.241 e. The molecule has 29 heavy (non-hydrogen) atoms. The number of hydrogen-bond acceptors (Lipinski definition) is 4. The minimum atomic E-state index is -0.110. The van der Waals surface area contributed by atoms with Crippen LogP contribution < -0.4 is 10.2 Å². The first-order valence-electron chi connectivity index (χ1n) is 10.8. The molecule has 0 aliphatic carbocycles. The van der Waals surface area contributed by atoms with Gasteiger partial charge in [-0.15, -0.1) is 0 Å². The molecule has 3 rings (SSSR count). The number of hydrogen-bond donors (Lipinski definition) is 1. The van der Waals surface area contributed by atoms with Gasteiger partial charge in [0.2, 0.25) is 5.91 Å². The van der Waals surface area contributed by atoms with Gasteiger partial charge in [-0.3, -0.25) is 9.69 Å². The summed E-state index contributed by atoms with van der Waals surface area (Å²) in [7, 11) is 0. The van der Waals surface area contributed by atoms with Crippen LogP contribution in [0, 0.1) is 0 Å². The van der Waals surface area contributed by atoms with Gasteiger partial charge in [-0.05, 0) is 38.5 Å². The van der Waals surface area contributed by atoms with E-state index in [1.807, 2.05) is 36.9 Å². The summed E-state index contributed by atoms with van der Waals surface area (Å²) in [4.78, 5) is 19.7. The Hall–Kier alpha value is -1.01. The lowest BCUT2D eigenvalue weighted by atomic mass is 9.97. The third-order valence-electron chi connectivity index (χ3n) is 6.05. The van der Waals surface area contributed by atoms with Crippen LogP contribution in [-0.2, 0) is 4.79 Å². The van der Waals surface area contributed by atoms with Crippen LogP contribution in [0.25, 0.3) is 0 Å². The van der Waals surface area contributed by atoms with E-state index in [0.29, 0.717) is 10.0 Å². The van der Waals surface area contributed by atoms with E-state index in [1.165, 1.54) is 0 Å². The minimum Gasteiger partial charge on any atom is -0.368 e. The molecule has 0 bridgehead atoms. The predicted octanol–water partition coefficient (Wildman–Crippen LogP) is 4.13. The topological polar surface area (TPSA) is 38.8 Å². The van der Waals surface area contributed by atoms with Gasteiger partial charge < -0.3 is 15.1 Å². The van der Waals surface area contributed by atoms with Crippen molar-refractivity contribution in [3.63, 3.8) is 0 Å². The number of carbonyl (C=O) groups is 1. The van der Waals surface area contributed by atoms with E-state index < -0.39 is 0 Å². The largest absolute Gasteiger partial charge is 0.368 e. The van der Waals surface area contributed by atoms with Crippen molar-refractivity contribution in [1.29, 1.82) is 0 Å². The molecule has 7 heteroatoms. The number of nitrogens with one attached hydrogen (secondary N) is 1. The van der Waals surface area contributed by atoms with E-state index in [9.17, 15) is 4.79 Å². The summed E-state index contributed by atoms with van der Waals surface area (Å²) in [6, 6.07) is 5.60. The second kappa shape index (κ2) is 10.9. The first kappa shape index (κ1) is 24.3. The number of halogens is 2. The maximum Gasteiger partial charge on any atom is 0.241 e. The van der Waals surface area contributed by atoms with Crippen LogP contribution in [0.2, 0.25) is 10.0 Å². The number of amides is 1. The van der Waals surface area contributed by atoms with Crippen LogP contribution in [0.4, 0.5) is 5.69 Å². The van der Waals surface area contributed by atoms with Crippen LogP contribution in [0.1, 0.15) is 41.0 Å². The van der Waals surface area contributed by atoms with Crippen LogP contribution in [0.3, 0.4) is 0 Å². The summed E-state index contributed by atoms with van der Waals surface area (Å²) in [5, 5.41) is 4.55. The van der Waals surface area contributed by atoms with Gasteiger partial charge in [0, 0.05) is 57.0 Å². The standard InChI is InChI=1S/C20H30Cl2N4O.C2H6/c1-4-20(2,3)26-8-7-23-18(14-26)19(27)25-11-9-24(10-12-25)15-5-6-16(21)17(22)13-15;1-2/h5-6,13,18,23H,4,7-12,14H2,1-3H3;1-2H3. The predicted molar refractivity (Wildman–Crippen MR) is 124 cm³/mol. The molecule has 2 saturated heterocycles. The minimum absolute atomic E-state index is 0.110. The molecule has 1 unspecified atom stereocenters. The Morgan fingerprint density at radius 2 is 1.76 bits per heavy atom. The van der Waals surface area contributed by atoms with Gasteiger partial charge in [0.15, 0.2) is 0 Å². The molecule has 5 nitrogen and oxygen atoms in total. The molecular formula is C22H36Cl2N4O. The molecular weight excluding hydrogens is 407 g/mol. The Labute approximate surface area is 186 Å². The normalized spacial score (nSPS) is 20.9. The maximum atomic E-state index is 13.0. The monoisotopic (exact) mass is 442 g/mol. The molecule has 2 fully saturated rings. The number of nitrogens with zero attached hydrogens (tertiary/aromatic N) is 3. The Kier molecular flexibility index (Phi) is 9.08. The highest BCUT2D eigenvalue weighted by atomic mass is 35.5. The average Bonchev–Trinajstić information content (AvgIpc) is 2.77. The Morgan fingerprint density at radius 1 is 1.10 bits per heavy atom. The molecule has 1 aromatic carbocycles. The van der Waals surface area contributed by atoms with Crippen molar-refractivity contribution in [2.24, 2.45) is 0 Å². The Bertz CT molecular complexity index is 675. The van der Waals surface area contributed by atoms with Gasteiger partial charge in [0.1, 0.15) is 0 Å². The molecule has 0 saturated carbocycles. The van der Waals surface area contributed by atoms with Crippen molar-refractivity contribution in [2.45, 2.75) is 52.6 Å². The summed E-state index contributed by atoms with van der Waals surface area (Å²) in [5.74, 6) is 0.223. The first-order chi connectivity index (χ1) is 13.8. The van der Waals surface area contributed by atoms with Crippen molar-refractivity contribution in [1.82, 2.24) is 15.1 Å². The van der Waals surface area contributed by atoms with Gasteiger partial charge in [-0.25, -0.2) is 0 Å². The number of benzene rings is 1. The van der Waals surface area contributed by atoms with Crippen molar-refractivity contribution in [3.8, 4) is 0 Å². The summed E-state index contributed by atoms with van der Waals surface area (Å²) < 4.78 is 0. The van der Waals surface area contributed by atoms with Gasteiger partial charge in [-0.1, -0.05) is 44.0 Å². The van der Waals surface area contributed by atoms with E-state index in [4.69, 9.17) is 23.2 Å². The first-order valence-corrected chi connectivity index (χ1v) is 11.5. The SMILES string of the molecule is CC.CCC(C)(C)N1CCNC(C(=O)N2CCN(c3ccc(Cl)c(Cl)c3)CC2)C1. The summed E-state index contributed by atoms with van der Waals surface area (Å²) in [6.45, 7) is 16.4. The number of rotatable bonds is 4. The van der Waals surface area contributed by atoms with Crippen LogP contribution in [-0.4, -0.2) is 73.1 Å². The second-order valence-corrected chi connectivity index (χ2v) is 8.84. The zero-order valence-corrected chi connectivity index (χ0v) is 20.0. The summed E-state index contributed by atoms with van der Waals surface area (Å²) >= 11 is 12.2. The maximum absolute atomic E-state index is 13.0. The molecule has 0 radical (unpaired) electrons. The molecule has 1 N–H and O–H groups in total.